The van der Waals surface area contributed by atoms with Gasteiger partial charge in [0.25, 0.3) is 0 Å². The minimum atomic E-state index is 1.26. The fourth-order valence-corrected chi connectivity index (χ4v) is 2.75. The molecule has 0 aliphatic heterocycles. The van der Waals surface area contributed by atoms with E-state index >= 15 is 0 Å². The van der Waals surface area contributed by atoms with Crippen LogP contribution in [0.15, 0.2) is 78.9 Å². The molecule has 0 unspecified atom stereocenters. The number of benzene rings is 4. The van der Waals surface area contributed by atoms with Crippen molar-refractivity contribution in [3.8, 4) is 11.1 Å². The fourth-order valence-electron chi connectivity index (χ4n) is 2.75. The average molecular weight is 253 g/mol. The van der Waals surface area contributed by atoms with E-state index in [0.717, 1.165) is 0 Å². The van der Waals surface area contributed by atoms with E-state index in [9.17, 15) is 0 Å². The van der Waals surface area contributed by atoms with Crippen LogP contribution in [-0.4, -0.2) is 0 Å². The van der Waals surface area contributed by atoms with Gasteiger partial charge >= 0.3 is 0 Å². The van der Waals surface area contributed by atoms with Crippen molar-refractivity contribution in [1.29, 1.82) is 0 Å². The van der Waals surface area contributed by atoms with Crippen LogP contribution in [0.5, 0.6) is 0 Å². The molecule has 0 aromatic heterocycles. The molecule has 0 spiro atoms. The molecule has 0 nitrogen and oxygen atoms in total. The van der Waals surface area contributed by atoms with E-state index < -0.39 is 0 Å². The van der Waals surface area contributed by atoms with E-state index in [1.165, 1.54) is 32.7 Å². The van der Waals surface area contributed by atoms with Crippen molar-refractivity contribution in [2.75, 3.05) is 0 Å². The average Bonchev–Trinajstić information content (AvgIpc) is 2.55. The van der Waals surface area contributed by atoms with E-state index in [1.807, 2.05) is 6.07 Å². The van der Waals surface area contributed by atoms with Gasteiger partial charge in [0.15, 0.2) is 0 Å². The number of rotatable bonds is 1. The first-order chi connectivity index (χ1) is 9.92. The number of hydrogen-bond donors (Lipinski definition) is 0. The lowest BCUT2D eigenvalue weighted by molar-refractivity contribution is 1.65. The number of hydrogen-bond acceptors (Lipinski definition) is 0. The Labute approximate surface area is 118 Å². The largest absolute Gasteiger partial charge is 0.0622 e. The van der Waals surface area contributed by atoms with Crippen molar-refractivity contribution < 1.29 is 0 Å². The molecule has 4 rings (SSSR count). The van der Waals surface area contributed by atoms with E-state index in [2.05, 4.69) is 78.9 Å². The van der Waals surface area contributed by atoms with Crippen LogP contribution in [0.2, 0.25) is 0 Å². The number of fused-ring (bicyclic) bond motifs is 3. The van der Waals surface area contributed by atoms with Crippen molar-refractivity contribution >= 4 is 21.5 Å². The Hall–Kier alpha value is -2.60. The molecule has 0 heteroatoms. The first kappa shape index (κ1) is 11.2. The molecule has 0 atom stereocenters. The zero-order valence-electron chi connectivity index (χ0n) is 11.0. The monoisotopic (exact) mass is 253 g/mol. The Morgan fingerprint density at radius 3 is 2.20 bits per heavy atom. The van der Waals surface area contributed by atoms with Crippen LogP contribution in [-0.2, 0) is 0 Å². The van der Waals surface area contributed by atoms with Crippen molar-refractivity contribution in [2.24, 2.45) is 0 Å². The van der Waals surface area contributed by atoms with Crippen LogP contribution >= 0.6 is 0 Å². The van der Waals surface area contributed by atoms with Gasteiger partial charge in [-0.15, -0.1) is 0 Å². The summed E-state index contributed by atoms with van der Waals surface area (Å²) in [5, 5.41) is 5.10. The van der Waals surface area contributed by atoms with Gasteiger partial charge < -0.3 is 0 Å². The van der Waals surface area contributed by atoms with Gasteiger partial charge in [0, 0.05) is 0 Å². The second-order valence-electron chi connectivity index (χ2n) is 5.01. The Morgan fingerprint density at radius 2 is 1.35 bits per heavy atom. The summed E-state index contributed by atoms with van der Waals surface area (Å²) in [6.07, 6.45) is 0. The summed E-state index contributed by atoms with van der Waals surface area (Å²) in [5.41, 5.74) is 2.51. The van der Waals surface area contributed by atoms with Gasteiger partial charge in [0.1, 0.15) is 0 Å². The summed E-state index contributed by atoms with van der Waals surface area (Å²) in [6.45, 7) is 0. The highest BCUT2D eigenvalue weighted by atomic mass is 14.1. The third-order valence-electron chi connectivity index (χ3n) is 3.79. The molecule has 0 heterocycles. The van der Waals surface area contributed by atoms with Crippen molar-refractivity contribution in [1.82, 2.24) is 0 Å². The topological polar surface area (TPSA) is 0 Å². The van der Waals surface area contributed by atoms with E-state index in [4.69, 9.17) is 0 Å². The minimum absolute atomic E-state index is 1.26. The van der Waals surface area contributed by atoms with E-state index in [1.54, 1.807) is 0 Å². The standard InChI is InChI=1S/C20H13/c1-2-6-15(7-3-1)18-13-12-17-11-10-16-8-4-5-9-19(16)20(17)14-18/h1-4,6-14H. The SMILES string of the molecule is [c]1ccc2ccc3ccc(-c4ccccc4)cc3c2c1. The Balaban J connectivity index is 2.05. The summed E-state index contributed by atoms with van der Waals surface area (Å²) >= 11 is 0. The zero-order valence-corrected chi connectivity index (χ0v) is 11.0. The minimum Gasteiger partial charge on any atom is -0.0622 e. The van der Waals surface area contributed by atoms with E-state index in [0.29, 0.717) is 0 Å². The van der Waals surface area contributed by atoms with Crippen LogP contribution in [0.1, 0.15) is 0 Å². The van der Waals surface area contributed by atoms with E-state index in [-0.39, 0.29) is 0 Å². The normalized spacial score (nSPS) is 11.0. The molecule has 0 aliphatic carbocycles. The molecule has 93 valence electrons. The molecule has 4 aromatic rings. The molecule has 0 saturated heterocycles. The highest BCUT2D eigenvalue weighted by Gasteiger charge is 2.03. The summed E-state index contributed by atoms with van der Waals surface area (Å²) < 4.78 is 0. The van der Waals surface area contributed by atoms with Gasteiger partial charge in [-0.1, -0.05) is 66.7 Å². The Kier molecular flexibility index (Phi) is 2.53. The maximum atomic E-state index is 3.19. The molecule has 0 N–H and O–H groups in total. The highest BCUT2D eigenvalue weighted by molar-refractivity contribution is 6.08. The summed E-state index contributed by atoms with van der Waals surface area (Å²) in [5.74, 6) is 0. The highest BCUT2D eigenvalue weighted by Crippen LogP contribution is 2.29. The maximum Gasteiger partial charge on any atom is -0.00990 e. The predicted octanol–water partition coefficient (Wildman–Crippen LogP) is 5.46. The molecule has 0 aliphatic rings. The second kappa shape index (κ2) is 4.50. The molecule has 0 amide bonds. The van der Waals surface area contributed by atoms with Gasteiger partial charge in [-0.3, -0.25) is 0 Å². The van der Waals surface area contributed by atoms with Gasteiger partial charge in [-0.25, -0.2) is 0 Å². The molecule has 0 saturated carbocycles. The Bertz CT molecular complexity index is 889. The lowest BCUT2D eigenvalue weighted by atomic mass is 9.97. The lowest BCUT2D eigenvalue weighted by Crippen LogP contribution is -1.81. The molecular formula is C20H13. The van der Waals surface area contributed by atoms with Gasteiger partial charge in [-0.05, 0) is 50.9 Å². The van der Waals surface area contributed by atoms with Crippen LogP contribution < -0.4 is 0 Å². The Morgan fingerprint density at radius 1 is 0.600 bits per heavy atom. The van der Waals surface area contributed by atoms with Gasteiger partial charge in [0.05, 0.1) is 0 Å². The summed E-state index contributed by atoms with van der Waals surface area (Å²) in [7, 11) is 0. The van der Waals surface area contributed by atoms with Crippen LogP contribution in [0.25, 0.3) is 32.7 Å². The van der Waals surface area contributed by atoms with Crippen LogP contribution in [0.3, 0.4) is 0 Å². The quantitative estimate of drug-likeness (QED) is 0.395. The maximum absolute atomic E-state index is 3.19. The van der Waals surface area contributed by atoms with Crippen LogP contribution in [0.4, 0.5) is 0 Å². The predicted molar refractivity (Wildman–Crippen MR) is 85.7 cm³/mol. The first-order valence-corrected chi connectivity index (χ1v) is 6.80. The third kappa shape index (κ3) is 1.78. The fraction of sp³-hybridized carbons (Fsp3) is 0. The molecule has 0 bridgehead atoms. The van der Waals surface area contributed by atoms with Crippen molar-refractivity contribution in [3.63, 3.8) is 0 Å². The third-order valence-corrected chi connectivity index (χ3v) is 3.79. The molecule has 4 aromatic carbocycles. The van der Waals surface area contributed by atoms with Gasteiger partial charge in [0.2, 0.25) is 0 Å². The lowest BCUT2D eigenvalue weighted by Gasteiger charge is -2.07. The zero-order chi connectivity index (χ0) is 13.4. The second-order valence-corrected chi connectivity index (χ2v) is 5.01. The van der Waals surface area contributed by atoms with Gasteiger partial charge in [-0.2, -0.15) is 0 Å². The van der Waals surface area contributed by atoms with Crippen molar-refractivity contribution in [3.05, 3.63) is 84.9 Å². The first-order valence-electron chi connectivity index (χ1n) is 6.80. The van der Waals surface area contributed by atoms with Crippen molar-refractivity contribution in [2.45, 2.75) is 0 Å². The van der Waals surface area contributed by atoms with Crippen LogP contribution in [0, 0.1) is 6.07 Å². The smallest absolute Gasteiger partial charge is 0.00990 e. The summed E-state index contributed by atoms with van der Waals surface area (Å²) in [6, 6.07) is 30.9. The molecule has 1 radical (unpaired) electrons. The molecule has 0 fully saturated rings. The summed E-state index contributed by atoms with van der Waals surface area (Å²) in [4.78, 5) is 0. The molecule has 20 heavy (non-hydrogen) atoms. The molecular weight excluding hydrogens is 240 g/mol.